The van der Waals surface area contributed by atoms with E-state index in [0.29, 0.717) is 0 Å². The molecule has 0 radical (unpaired) electrons. The molecule has 0 aromatic carbocycles. The second-order valence-corrected chi connectivity index (χ2v) is 7.80. The number of carboxylic acid groups (broad SMARTS) is 1. The fourth-order valence-corrected chi connectivity index (χ4v) is 3.41. The number of aliphatic carboxylic acids is 1. The second-order valence-electron chi connectivity index (χ2n) is 5.62. The zero-order valence-corrected chi connectivity index (χ0v) is 11.7. The van der Waals surface area contributed by atoms with E-state index < -0.39 is 39.1 Å². The summed E-state index contributed by atoms with van der Waals surface area (Å²) in [4.78, 5) is 22.8. The van der Waals surface area contributed by atoms with Gasteiger partial charge >= 0.3 is 5.97 Å². The third kappa shape index (κ3) is 3.22. The van der Waals surface area contributed by atoms with E-state index in [9.17, 15) is 18.0 Å². The van der Waals surface area contributed by atoms with Gasteiger partial charge in [-0.05, 0) is 12.3 Å². The zero-order valence-electron chi connectivity index (χ0n) is 10.9. The molecule has 3 unspecified atom stereocenters. The van der Waals surface area contributed by atoms with Gasteiger partial charge in [0.05, 0.1) is 17.6 Å². The van der Waals surface area contributed by atoms with E-state index in [-0.39, 0.29) is 11.7 Å². The summed E-state index contributed by atoms with van der Waals surface area (Å²) in [5, 5.41) is 11.5. The number of carbonyl (C=O) groups excluding carboxylic acids is 1. The van der Waals surface area contributed by atoms with Crippen LogP contribution in [0.15, 0.2) is 0 Å². The minimum absolute atomic E-state index is 0.149. The number of hydrogen-bond acceptors (Lipinski definition) is 4. The largest absolute Gasteiger partial charge is 0.481 e. The van der Waals surface area contributed by atoms with Gasteiger partial charge in [0.1, 0.15) is 9.84 Å². The van der Waals surface area contributed by atoms with Crippen molar-refractivity contribution in [2.75, 3.05) is 12.0 Å². The highest BCUT2D eigenvalue weighted by molar-refractivity contribution is 7.90. The predicted molar refractivity (Wildman–Crippen MR) is 65.7 cm³/mol. The molecule has 1 aliphatic rings. The Morgan fingerprint density at radius 1 is 1.33 bits per heavy atom. The topological polar surface area (TPSA) is 101 Å². The number of hydrogen-bond donors (Lipinski definition) is 2. The van der Waals surface area contributed by atoms with Gasteiger partial charge in [-0.1, -0.05) is 13.8 Å². The Morgan fingerprint density at radius 2 is 1.83 bits per heavy atom. The fourth-order valence-electron chi connectivity index (χ4n) is 2.42. The van der Waals surface area contributed by atoms with Crippen LogP contribution < -0.4 is 5.32 Å². The maximum Gasteiger partial charge on any atom is 0.307 e. The summed E-state index contributed by atoms with van der Waals surface area (Å²) in [5.41, 5.74) is -0.569. The van der Waals surface area contributed by atoms with Crippen LogP contribution in [-0.4, -0.2) is 43.5 Å². The van der Waals surface area contributed by atoms with E-state index in [1.165, 1.54) is 0 Å². The SMILES string of the molecule is CC(CS(C)(=O)=O)NC(=O)C1C(C(=O)O)C1(C)C. The summed E-state index contributed by atoms with van der Waals surface area (Å²) in [7, 11) is -3.16. The molecule has 0 aliphatic heterocycles. The Hall–Kier alpha value is -1.11. The van der Waals surface area contributed by atoms with E-state index in [1.807, 2.05) is 0 Å². The number of carboxylic acids is 1. The molecule has 0 heterocycles. The van der Waals surface area contributed by atoms with Gasteiger partial charge in [-0.25, -0.2) is 8.42 Å². The molecule has 104 valence electrons. The van der Waals surface area contributed by atoms with Crippen molar-refractivity contribution in [1.29, 1.82) is 0 Å². The Balaban J connectivity index is 2.61. The van der Waals surface area contributed by atoms with E-state index in [4.69, 9.17) is 5.11 Å². The molecule has 1 rings (SSSR count). The number of amides is 1. The van der Waals surface area contributed by atoms with Gasteiger partial charge in [-0.3, -0.25) is 9.59 Å². The summed E-state index contributed by atoms with van der Waals surface area (Å²) in [6, 6.07) is -0.515. The first kappa shape index (κ1) is 14.9. The van der Waals surface area contributed by atoms with E-state index in [2.05, 4.69) is 5.32 Å². The maximum absolute atomic E-state index is 11.9. The van der Waals surface area contributed by atoms with Gasteiger partial charge in [-0.2, -0.15) is 0 Å². The normalized spacial score (nSPS) is 27.3. The van der Waals surface area contributed by atoms with Crippen molar-refractivity contribution in [3.05, 3.63) is 0 Å². The molecule has 0 aromatic heterocycles. The lowest BCUT2D eigenvalue weighted by Gasteiger charge is -2.13. The van der Waals surface area contributed by atoms with Crippen LogP contribution in [0.5, 0.6) is 0 Å². The van der Waals surface area contributed by atoms with Crippen molar-refractivity contribution < 1.29 is 23.1 Å². The number of carbonyl (C=O) groups is 2. The molecule has 1 saturated carbocycles. The number of rotatable bonds is 5. The standard InChI is InChI=1S/C11H19NO5S/c1-6(5-18(4,16)17)12-9(13)7-8(10(14)15)11(7,2)3/h6-8H,5H2,1-4H3,(H,12,13)(H,14,15). The third-order valence-electron chi connectivity index (χ3n) is 3.32. The Kier molecular flexibility index (Phi) is 3.76. The van der Waals surface area contributed by atoms with Crippen LogP contribution in [0.1, 0.15) is 20.8 Å². The monoisotopic (exact) mass is 277 g/mol. The smallest absolute Gasteiger partial charge is 0.307 e. The van der Waals surface area contributed by atoms with Crippen LogP contribution >= 0.6 is 0 Å². The van der Waals surface area contributed by atoms with Crippen LogP contribution in [0.25, 0.3) is 0 Å². The molecule has 6 nitrogen and oxygen atoms in total. The van der Waals surface area contributed by atoms with Crippen LogP contribution in [-0.2, 0) is 19.4 Å². The van der Waals surface area contributed by atoms with Crippen molar-refractivity contribution in [1.82, 2.24) is 5.32 Å². The molecule has 0 aromatic rings. The summed E-state index contributed by atoms with van der Waals surface area (Å²) in [5.74, 6) is -2.80. The van der Waals surface area contributed by atoms with Crippen LogP contribution in [0, 0.1) is 17.3 Å². The lowest BCUT2D eigenvalue weighted by atomic mass is 10.1. The molecule has 0 spiro atoms. The van der Waals surface area contributed by atoms with Gasteiger partial charge in [0.15, 0.2) is 0 Å². The van der Waals surface area contributed by atoms with Gasteiger partial charge in [-0.15, -0.1) is 0 Å². The Labute approximate surface area is 107 Å². The molecule has 1 aliphatic carbocycles. The first-order valence-electron chi connectivity index (χ1n) is 5.67. The van der Waals surface area contributed by atoms with Crippen LogP contribution in [0.2, 0.25) is 0 Å². The highest BCUT2D eigenvalue weighted by atomic mass is 32.2. The first-order valence-corrected chi connectivity index (χ1v) is 7.73. The highest BCUT2D eigenvalue weighted by Gasteiger charge is 2.65. The van der Waals surface area contributed by atoms with E-state index >= 15 is 0 Å². The van der Waals surface area contributed by atoms with Crippen molar-refractivity contribution in [2.45, 2.75) is 26.8 Å². The minimum atomic E-state index is -3.16. The van der Waals surface area contributed by atoms with Gasteiger partial charge in [0.2, 0.25) is 5.91 Å². The van der Waals surface area contributed by atoms with E-state index in [0.717, 1.165) is 6.26 Å². The van der Waals surface area contributed by atoms with Crippen LogP contribution in [0.3, 0.4) is 0 Å². The maximum atomic E-state index is 11.9. The van der Waals surface area contributed by atoms with Gasteiger partial charge in [0.25, 0.3) is 0 Å². The van der Waals surface area contributed by atoms with Crippen molar-refractivity contribution in [2.24, 2.45) is 17.3 Å². The average molecular weight is 277 g/mol. The number of nitrogens with one attached hydrogen (secondary N) is 1. The molecule has 2 N–H and O–H groups in total. The molecule has 3 atom stereocenters. The van der Waals surface area contributed by atoms with Crippen molar-refractivity contribution in [3.8, 4) is 0 Å². The predicted octanol–water partition coefficient (Wildman–Crippen LogP) is -0.107. The fraction of sp³-hybridized carbons (Fsp3) is 0.818. The third-order valence-corrected chi connectivity index (χ3v) is 4.42. The minimum Gasteiger partial charge on any atom is -0.481 e. The molecule has 0 saturated heterocycles. The summed E-state index contributed by atoms with van der Waals surface area (Å²) >= 11 is 0. The van der Waals surface area contributed by atoms with Crippen molar-refractivity contribution >= 4 is 21.7 Å². The second kappa shape index (κ2) is 4.53. The molecule has 1 fully saturated rings. The van der Waals surface area contributed by atoms with E-state index in [1.54, 1.807) is 20.8 Å². The molecule has 0 bridgehead atoms. The van der Waals surface area contributed by atoms with Crippen molar-refractivity contribution in [3.63, 3.8) is 0 Å². The summed E-state index contributed by atoms with van der Waals surface area (Å²) in [6.45, 7) is 5.03. The molecule has 18 heavy (non-hydrogen) atoms. The Morgan fingerprint density at radius 3 is 2.17 bits per heavy atom. The lowest BCUT2D eigenvalue weighted by Crippen LogP contribution is -2.39. The lowest BCUT2D eigenvalue weighted by molar-refractivity contribution is -0.140. The quantitative estimate of drug-likeness (QED) is 0.730. The molecule has 7 heteroatoms. The summed E-state index contributed by atoms with van der Waals surface area (Å²) < 4.78 is 22.1. The first-order chi connectivity index (χ1) is 7.97. The molecular formula is C11H19NO5S. The van der Waals surface area contributed by atoms with Gasteiger partial charge < -0.3 is 10.4 Å². The van der Waals surface area contributed by atoms with Gasteiger partial charge in [0, 0.05) is 12.3 Å². The summed E-state index contributed by atoms with van der Waals surface area (Å²) in [6.07, 6.45) is 1.09. The molecule has 1 amide bonds. The number of sulfone groups is 1. The average Bonchev–Trinajstić information content (AvgIpc) is 2.64. The molecular weight excluding hydrogens is 258 g/mol. The highest BCUT2D eigenvalue weighted by Crippen LogP contribution is 2.58. The van der Waals surface area contributed by atoms with Crippen LogP contribution in [0.4, 0.5) is 0 Å². The zero-order chi connectivity index (χ0) is 14.3. The Bertz CT molecular complexity index is 468.